The molecule has 7 nitrogen and oxygen atoms in total. The highest BCUT2D eigenvalue weighted by atomic mass is 32.1. The number of fused-ring (bicyclic) bond motifs is 1. The molecule has 0 amide bonds. The van der Waals surface area contributed by atoms with Crippen LogP contribution < -0.4 is 19.5 Å². The largest absolute Gasteiger partial charge is 0.497 e. The predicted molar refractivity (Wildman–Crippen MR) is 123 cm³/mol. The van der Waals surface area contributed by atoms with Crippen LogP contribution in [0.1, 0.15) is 39.0 Å². The second-order valence-electron chi connectivity index (χ2n) is 7.46. The zero-order valence-corrected chi connectivity index (χ0v) is 19.2. The molecule has 0 spiro atoms. The molecule has 1 aliphatic rings. The Kier molecular flexibility index (Phi) is 6.80. The highest BCUT2D eigenvalue weighted by molar-refractivity contribution is 7.10. The molecule has 8 heteroatoms. The van der Waals surface area contributed by atoms with E-state index in [2.05, 4.69) is 27.9 Å². The van der Waals surface area contributed by atoms with Crippen molar-refractivity contribution >= 4 is 22.5 Å². The maximum atomic E-state index is 12.5. The van der Waals surface area contributed by atoms with Crippen molar-refractivity contribution in [3.05, 3.63) is 64.2 Å². The lowest BCUT2D eigenvalue weighted by molar-refractivity contribution is 0.0596. The molecule has 4 rings (SSSR count). The van der Waals surface area contributed by atoms with Crippen LogP contribution >= 0.6 is 11.5 Å². The van der Waals surface area contributed by atoms with Crippen LogP contribution in [0.4, 0.5) is 5.00 Å². The van der Waals surface area contributed by atoms with Gasteiger partial charge in [-0.15, -0.1) is 0 Å². The van der Waals surface area contributed by atoms with E-state index in [4.69, 9.17) is 18.9 Å². The molecule has 168 valence electrons. The van der Waals surface area contributed by atoms with E-state index in [1.54, 1.807) is 14.2 Å². The van der Waals surface area contributed by atoms with Gasteiger partial charge in [-0.3, -0.25) is 0 Å². The Labute approximate surface area is 191 Å². The van der Waals surface area contributed by atoms with Gasteiger partial charge in [-0.25, -0.2) is 4.79 Å². The number of ether oxygens (including phenoxy) is 4. The number of nitrogens with one attached hydrogen (secondary N) is 1. The fraction of sp³-hybridized carbons (Fsp3) is 0.333. The SMILES string of the molecule is COC(=O)c1c(OCc2ccc3c(c2)CCC3)nsc1NCc1ccc(OC)cc1OC. The molecule has 0 saturated heterocycles. The van der Waals surface area contributed by atoms with Crippen LogP contribution in [-0.4, -0.2) is 31.7 Å². The highest BCUT2D eigenvalue weighted by Gasteiger charge is 2.24. The van der Waals surface area contributed by atoms with Gasteiger partial charge in [0.05, 0.1) is 21.3 Å². The van der Waals surface area contributed by atoms with Gasteiger partial charge >= 0.3 is 5.97 Å². The van der Waals surface area contributed by atoms with E-state index >= 15 is 0 Å². The molecule has 1 aromatic heterocycles. The van der Waals surface area contributed by atoms with E-state index in [9.17, 15) is 4.79 Å². The average molecular weight is 455 g/mol. The van der Waals surface area contributed by atoms with Crippen molar-refractivity contribution in [3.63, 3.8) is 0 Å². The first kappa shape index (κ1) is 22.0. The fourth-order valence-electron chi connectivity index (χ4n) is 3.82. The molecule has 0 atom stereocenters. The number of hydrogen-bond donors (Lipinski definition) is 1. The summed E-state index contributed by atoms with van der Waals surface area (Å²) < 4.78 is 26.0. The minimum atomic E-state index is -0.494. The Hall–Kier alpha value is -3.26. The summed E-state index contributed by atoms with van der Waals surface area (Å²) in [4.78, 5) is 12.5. The Balaban J connectivity index is 1.49. The number of esters is 1. The fourth-order valence-corrected chi connectivity index (χ4v) is 4.53. The number of methoxy groups -OCH3 is 3. The van der Waals surface area contributed by atoms with Gasteiger partial charge < -0.3 is 24.3 Å². The van der Waals surface area contributed by atoms with Crippen LogP contribution in [0, 0.1) is 0 Å². The van der Waals surface area contributed by atoms with Gasteiger partial charge in [0, 0.05) is 18.2 Å². The summed E-state index contributed by atoms with van der Waals surface area (Å²) >= 11 is 1.16. The van der Waals surface area contributed by atoms with Gasteiger partial charge in [-0.1, -0.05) is 18.2 Å². The van der Waals surface area contributed by atoms with Crippen LogP contribution in [-0.2, 0) is 30.7 Å². The molecule has 0 radical (unpaired) electrons. The summed E-state index contributed by atoms with van der Waals surface area (Å²) in [5.41, 5.74) is 5.07. The monoisotopic (exact) mass is 454 g/mol. The molecule has 1 aliphatic carbocycles. The zero-order valence-electron chi connectivity index (χ0n) is 18.4. The normalized spacial score (nSPS) is 12.2. The minimum Gasteiger partial charge on any atom is -0.497 e. The van der Waals surface area contributed by atoms with Crippen molar-refractivity contribution in [1.29, 1.82) is 0 Å². The van der Waals surface area contributed by atoms with Crippen LogP contribution in [0.3, 0.4) is 0 Å². The van der Waals surface area contributed by atoms with Crippen molar-refractivity contribution < 1.29 is 23.7 Å². The second-order valence-corrected chi connectivity index (χ2v) is 8.23. The molecular formula is C24H26N2O5S. The number of aryl methyl sites for hydroxylation is 2. The van der Waals surface area contributed by atoms with E-state index in [-0.39, 0.29) is 5.88 Å². The van der Waals surface area contributed by atoms with Crippen molar-refractivity contribution in [2.24, 2.45) is 0 Å². The lowest BCUT2D eigenvalue weighted by atomic mass is 10.1. The van der Waals surface area contributed by atoms with Crippen molar-refractivity contribution in [2.75, 3.05) is 26.6 Å². The first-order chi connectivity index (χ1) is 15.6. The molecule has 0 unspecified atom stereocenters. The standard InChI is InChI=1S/C24H26N2O5S/c1-28-19-10-9-18(20(12-19)29-2)13-25-23-21(24(27)30-3)22(26-32-23)31-14-15-7-8-16-5-4-6-17(16)11-15/h7-12,25H,4-6,13-14H2,1-3H3. The second kappa shape index (κ2) is 9.91. The van der Waals surface area contributed by atoms with Gasteiger partial charge in [0.2, 0.25) is 5.88 Å². The third kappa shape index (κ3) is 4.65. The Morgan fingerprint density at radius 3 is 2.69 bits per heavy atom. The molecule has 0 fully saturated rings. The summed E-state index contributed by atoms with van der Waals surface area (Å²) in [6, 6.07) is 12.0. The third-order valence-corrected chi connectivity index (χ3v) is 6.31. The maximum absolute atomic E-state index is 12.5. The Morgan fingerprint density at radius 2 is 1.91 bits per heavy atom. The van der Waals surface area contributed by atoms with Gasteiger partial charge in [0.25, 0.3) is 0 Å². The molecule has 3 aromatic rings. The lowest BCUT2D eigenvalue weighted by Gasteiger charge is -2.12. The molecule has 0 aliphatic heterocycles. The molecule has 2 aromatic carbocycles. The first-order valence-corrected chi connectivity index (χ1v) is 11.2. The highest BCUT2D eigenvalue weighted by Crippen LogP contribution is 2.33. The number of benzene rings is 2. The van der Waals surface area contributed by atoms with Gasteiger partial charge in [0.15, 0.2) is 5.56 Å². The summed E-state index contributed by atoms with van der Waals surface area (Å²) in [7, 11) is 4.56. The lowest BCUT2D eigenvalue weighted by Crippen LogP contribution is -2.09. The molecule has 32 heavy (non-hydrogen) atoms. The number of carbonyl (C=O) groups excluding carboxylic acids is 1. The quantitative estimate of drug-likeness (QED) is 0.472. The number of carbonyl (C=O) groups is 1. The predicted octanol–water partition coefficient (Wildman–Crippen LogP) is 4.63. The third-order valence-electron chi connectivity index (χ3n) is 5.52. The van der Waals surface area contributed by atoms with Gasteiger partial charge in [0.1, 0.15) is 23.1 Å². The Morgan fingerprint density at radius 1 is 1.06 bits per heavy atom. The smallest absolute Gasteiger partial charge is 0.346 e. The molecular weight excluding hydrogens is 428 g/mol. The van der Waals surface area contributed by atoms with Crippen LogP contribution in [0.5, 0.6) is 17.4 Å². The van der Waals surface area contributed by atoms with E-state index in [0.29, 0.717) is 35.2 Å². The summed E-state index contributed by atoms with van der Waals surface area (Å²) in [6.07, 6.45) is 3.45. The average Bonchev–Trinajstić information content (AvgIpc) is 3.47. The topological polar surface area (TPSA) is 78.9 Å². The summed E-state index contributed by atoms with van der Waals surface area (Å²) in [6.45, 7) is 0.774. The maximum Gasteiger partial charge on any atom is 0.346 e. The molecule has 1 heterocycles. The first-order valence-electron chi connectivity index (χ1n) is 10.4. The van der Waals surface area contributed by atoms with E-state index in [0.717, 1.165) is 35.5 Å². The summed E-state index contributed by atoms with van der Waals surface area (Å²) in [5.74, 6) is 1.17. The van der Waals surface area contributed by atoms with Crippen molar-refractivity contribution in [3.8, 4) is 17.4 Å². The van der Waals surface area contributed by atoms with E-state index in [1.165, 1.54) is 24.7 Å². The van der Waals surface area contributed by atoms with Crippen LogP contribution in [0.25, 0.3) is 0 Å². The molecule has 1 N–H and O–H groups in total. The number of rotatable bonds is 9. The summed E-state index contributed by atoms with van der Waals surface area (Å²) in [5, 5.41) is 3.85. The minimum absolute atomic E-state index is 0.270. The van der Waals surface area contributed by atoms with E-state index in [1.807, 2.05) is 18.2 Å². The number of hydrogen-bond acceptors (Lipinski definition) is 8. The van der Waals surface area contributed by atoms with Gasteiger partial charge in [-0.2, -0.15) is 4.37 Å². The number of nitrogens with zero attached hydrogens (tertiary/aromatic N) is 1. The van der Waals surface area contributed by atoms with Crippen molar-refractivity contribution in [1.82, 2.24) is 4.37 Å². The van der Waals surface area contributed by atoms with Crippen molar-refractivity contribution in [2.45, 2.75) is 32.4 Å². The zero-order chi connectivity index (χ0) is 22.5. The molecule has 0 bridgehead atoms. The van der Waals surface area contributed by atoms with E-state index < -0.39 is 5.97 Å². The Bertz CT molecular complexity index is 1110. The van der Waals surface area contributed by atoms with Gasteiger partial charge in [-0.05, 0) is 59.6 Å². The molecule has 0 saturated carbocycles. The number of anilines is 1. The van der Waals surface area contributed by atoms with Crippen LogP contribution in [0.2, 0.25) is 0 Å². The van der Waals surface area contributed by atoms with Crippen LogP contribution in [0.15, 0.2) is 36.4 Å². The number of aromatic nitrogens is 1.